The van der Waals surface area contributed by atoms with E-state index in [1.165, 1.54) is 6.92 Å². The van der Waals surface area contributed by atoms with Crippen LogP contribution in [0.3, 0.4) is 0 Å². The number of aliphatic hydroxyl groups is 2. The van der Waals surface area contributed by atoms with Gasteiger partial charge in [-0.1, -0.05) is 0 Å². The Labute approximate surface area is 97.5 Å². The van der Waals surface area contributed by atoms with Crippen molar-refractivity contribution in [2.24, 2.45) is 0 Å². The molecule has 0 aromatic rings. The first-order chi connectivity index (χ1) is 7.51. The normalized spacial score (nSPS) is 16.1. The van der Waals surface area contributed by atoms with Gasteiger partial charge in [-0.05, 0) is 13.3 Å². The van der Waals surface area contributed by atoms with Crippen molar-refractivity contribution < 1.29 is 28.2 Å². The van der Waals surface area contributed by atoms with Crippen LogP contribution >= 0.6 is 0 Å². The number of hydrogen-bond acceptors (Lipinski definition) is 6. The van der Waals surface area contributed by atoms with Crippen LogP contribution in [0.5, 0.6) is 0 Å². The minimum absolute atomic E-state index is 0.316. The molecule has 0 fully saturated rings. The second kappa shape index (κ2) is 8.12. The van der Waals surface area contributed by atoms with Crippen LogP contribution in [-0.2, 0) is 18.0 Å². The van der Waals surface area contributed by atoms with Gasteiger partial charge in [-0.2, -0.15) is 0 Å². The van der Waals surface area contributed by atoms with Crippen LogP contribution in [0.25, 0.3) is 0 Å². The molecule has 0 bridgehead atoms. The molecular weight excluding hydrogens is 232 g/mol. The fourth-order valence-electron chi connectivity index (χ4n) is 1.19. The second-order valence-corrected chi connectivity index (χ2v) is 6.49. The molecule has 0 heterocycles. The molecule has 0 aromatic carbocycles. The number of rotatable bonds is 9. The SMILES string of the molecule is CO[Si](CCCOC(O)C(C)O)(OC)OC. The largest absolute Gasteiger partial charge is 0.500 e. The highest BCUT2D eigenvalue weighted by molar-refractivity contribution is 6.60. The van der Waals surface area contributed by atoms with E-state index in [1.54, 1.807) is 21.3 Å². The molecule has 0 rings (SSSR count). The monoisotopic (exact) mass is 254 g/mol. The van der Waals surface area contributed by atoms with Crippen LogP contribution in [0, 0.1) is 0 Å². The van der Waals surface area contributed by atoms with E-state index < -0.39 is 21.2 Å². The van der Waals surface area contributed by atoms with E-state index in [1.807, 2.05) is 0 Å². The van der Waals surface area contributed by atoms with E-state index in [-0.39, 0.29) is 0 Å². The van der Waals surface area contributed by atoms with Crippen molar-refractivity contribution in [2.45, 2.75) is 31.8 Å². The Balaban J connectivity index is 3.79. The summed E-state index contributed by atoms with van der Waals surface area (Å²) in [6.45, 7) is 1.78. The van der Waals surface area contributed by atoms with E-state index in [0.717, 1.165) is 0 Å². The fraction of sp³-hybridized carbons (Fsp3) is 1.00. The zero-order valence-electron chi connectivity index (χ0n) is 10.3. The molecule has 98 valence electrons. The molecule has 0 radical (unpaired) electrons. The Morgan fingerprint density at radius 2 is 1.56 bits per heavy atom. The summed E-state index contributed by atoms with van der Waals surface area (Å²) in [5, 5.41) is 18.2. The maximum atomic E-state index is 9.17. The molecule has 0 saturated heterocycles. The lowest BCUT2D eigenvalue weighted by Gasteiger charge is -2.24. The van der Waals surface area contributed by atoms with Gasteiger partial charge < -0.3 is 28.2 Å². The third kappa shape index (κ3) is 5.35. The van der Waals surface area contributed by atoms with Gasteiger partial charge in [0, 0.05) is 34.0 Å². The van der Waals surface area contributed by atoms with Crippen LogP contribution < -0.4 is 0 Å². The Bertz CT molecular complexity index is 165. The van der Waals surface area contributed by atoms with Crippen molar-refractivity contribution in [1.82, 2.24) is 0 Å². The van der Waals surface area contributed by atoms with Crippen LogP contribution in [-0.4, -0.2) is 59.3 Å². The molecule has 0 aliphatic carbocycles. The predicted molar refractivity (Wildman–Crippen MR) is 59.8 cm³/mol. The zero-order valence-corrected chi connectivity index (χ0v) is 11.3. The lowest BCUT2D eigenvalue weighted by atomic mass is 10.4. The van der Waals surface area contributed by atoms with Crippen molar-refractivity contribution in [3.8, 4) is 0 Å². The Morgan fingerprint density at radius 1 is 1.06 bits per heavy atom. The molecule has 0 aliphatic heterocycles. The van der Waals surface area contributed by atoms with Crippen molar-refractivity contribution in [3.63, 3.8) is 0 Å². The molecule has 0 saturated carbocycles. The van der Waals surface area contributed by atoms with E-state index in [2.05, 4.69) is 0 Å². The summed E-state index contributed by atoms with van der Waals surface area (Å²) in [6, 6.07) is 0.600. The molecule has 2 atom stereocenters. The zero-order chi connectivity index (χ0) is 12.6. The van der Waals surface area contributed by atoms with Gasteiger partial charge in [0.15, 0.2) is 6.29 Å². The second-order valence-electron chi connectivity index (χ2n) is 3.40. The van der Waals surface area contributed by atoms with E-state index in [0.29, 0.717) is 19.1 Å². The summed E-state index contributed by atoms with van der Waals surface area (Å²) in [5.74, 6) is 0. The topological polar surface area (TPSA) is 77.4 Å². The predicted octanol–water partition coefficient (Wildman–Crippen LogP) is -0.0296. The van der Waals surface area contributed by atoms with Crippen molar-refractivity contribution in [3.05, 3.63) is 0 Å². The van der Waals surface area contributed by atoms with Crippen LogP contribution in [0.15, 0.2) is 0 Å². The average molecular weight is 254 g/mol. The van der Waals surface area contributed by atoms with Gasteiger partial charge in [-0.25, -0.2) is 0 Å². The minimum atomic E-state index is -2.54. The third-order valence-corrected chi connectivity index (χ3v) is 5.09. The molecule has 6 nitrogen and oxygen atoms in total. The molecule has 0 aromatic heterocycles. The molecule has 2 unspecified atom stereocenters. The maximum absolute atomic E-state index is 9.17. The average Bonchev–Trinajstić information content (AvgIpc) is 2.30. The first-order valence-electron chi connectivity index (χ1n) is 5.14. The van der Waals surface area contributed by atoms with Gasteiger partial charge in [0.25, 0.3) is 0 Å². The van der Waals surface area contributed by atoms with Gasteiger partial charge in [-0.3, -0.25) is 0 Å². The van der Waals surface area contributed by atoms with Gasteiger partial charge in [0.05, 0.1) is 0 Å². The lowest BCUT2D eigenvalue weighted by Crippen LogP contribution is -2.42. The molecule has 2 N–H and O–H groups in total. The Hall–Kier alpha value is -0.0231. The number of aliphatic hydroxyl groups excluding tert-OH is 2. The highest BCUT2D eigenvalue weighted by Crippen LogP contribution is 2.15. The maximum Gasteiger partial charge on any atom is 0.500 e. The van der Waals surface area contributed by atoms with Crippen molar-refractivity contribution in [2.75, 3.05) is 27.9 Å². The molecule has 0 amide bonds. The summed E-state index contributed by atoms with van der Waals surface area (Å²) >= 11 is 0. The first-order valence-corrected chi connectivity index (χ1v) is 7.07. The van der Waals surface area contributed by atoms with Crippen LogP contribution in [0.2, 0.25) is 6.04 Å². The van der Waals surface area contributed by atoms with Crippen LogP contribution in [0.1, 0.15) is 13.3 Å². The van der Waals surface area contributed by atoms with Gasteiger partial charge >= 0.3 is 8.80 Å². The smallest absolute Gasteiger partial charge is 0.388 e. The van der Waals surface area contributed by atoms with Crippen molar-refractivity contribution >= 4 is 8.80 Å². The summed E-state index contributed by atoms with van der Waals surface area (Å²) in [5.41, 5.74) is 0. The van der Waals surface area contributed by atoms with E-state index in [9.17, 15) is 5.11 Å². The molecule has 7 heteroatoms. The summed E-state index contributed by atoms with van der Waals surface area (Å²) < 4.78 is 20.6. The summed E-state index contributed by atoms with van der Waals surface area (Å²) in [6.07, 6.45) is -1.41. The van der Waals surface area contributed by atoms with Gasteiger partial charge in [-0.15, -0.1) is 0 Å². The fourth-order valence-corrected chi connectivity index (χ4v) is 2.88. The number of ether oxygens (including phenoxy) is 1. The first kappa shape index (κ1) is 16.0. The highest BCUT2D eigenvalue weighted by atomic mass is 28.4. The molecular formula is C9H22O6Si. The van der Waals surface area contributed by atoms with Gasteiger partial charge in [0.2, 0.25) is 0 Å². The summed E-state index contributed by atoms with van der Waals surface area (Å²) in [4.78, 5) is 0. The molecule has 16 heavy (non-hydrogen) atoms. The van der Waals surface area contributed by atoms with Gasteiger partial charge in [0.1, 0.15) is 6.10 Å². The van der Waals surface area contributed by atoms with Crippen molar-refractivity contribution in [1.29, 1.82) is 0 Å². The standard InChI is InChI=1S/C9H22O6Si/c1-8(10)9(11)15-6-5-7-16(12-2,13-3)14-4/h8-11H,5-7H2,1-4H3. The Morgan fingerprint density at radius 3 is 1.94 bits per heavy atom. The number of hydrogen-bond donors (Lipinski definition) is 2. The summed E-state index contributed by atoms with van der Waals surface area (Å²) in [7, 11) is 2.10. The third-order valence-electron chi connectivity index (χ3n) is 2.26. The van der Waals surface area contributed by atoms with E-state index in [4.69, 9.17) is 23.1 Å². The minimum Gasteiger partial charge on any atom is -0.388 e. The quantitative estimate of drug-likeness (QED) is 0.342. The molecule has 0 aliphatic rings. The highest BCUT2D eigenvalue weighted by Gasteiger charge is 2.36. The lowest BCUT2D eigenvalue weighted by molar-refractivity contribution is -0.156. The van der Waals surface area contributed by atoms with E-state index >= 15 is 0 Å². The molecule has 0 spiro atoms. The van der Waals surface area contributed by atoms with Crippen LogP contribution in [0.4, 0.5) is 0 Å². The Kier molecular flexibility index (Phi) is 8.11.